The lowest BCUT2D eigenvalue weighted by Gasteiger charge is -2.26. The molecule has 0 aliphatic heterocycles. The fourth-order valence-electron chi connectivity index (χ4n) is 2.08. The fraction of sp³-hybridized carbons (Fsp3) is 0.700. The number of rotatable bonds is 10. The first kappa shape index (κ1) is 26.9. The van der Waals surface area contributed by atoms with Gasteiger partial charge in [-0.3, -0.25) is 4.90 Å². The molecule has 1 aromatic heterocycles. The number of carbonyl (C=O) groups excluding carboxylic acids is 2. The van der Waals surface area contributed by atoms with Crippen molar-refractivity contribution >= 4 is 29.6 Å². The van der Waals surface area contributed by atoms with Gasteiger partial charge in [0.1, 0.15) is 16.4 Å². The van der Waals surface area contributed by atoms with Crippen molar-refractivity contribution < 1.29 is 28.5 Å². The Kier molecular flexibility index (Phi) is 10.9. The zero-order valence-electron chi connectivity index (χ0n) is 19.1. The molecule has 0 unspecified atom stereocenters. The molecule has 1 heterocycles. The molecule has 176 valence electrons. The van der Waals surface area contributed by atoms with Gasteiger partial charge in [-0.2, -0.15) is 0 Å². The van der Waals surface area contributed by atoms with Crippen LogP contribution >= 0.6 is 11.6 Å². The number of ether oxygens (including phenoxy) is 4. The van der Waals surface area contributed by atoms with Gasteiger partial charge in [-0.05, 0) is 41.5 Å². The van der Waals surface area contributed by atoms with Crippen LogP contribution in [-0.4, -0.2) is 72.9 Å². The molecule has 0 atom stereocenters. The van der Waals surface area contributed by atoms with Gasteiger partial charge in [0.25, 0.3) is 0 Å². The summed E-state index contributed by atoms with van der Waals surface area (Å²) in [6.45, 7) is 12.5. The highest BCUT2D eigenvalue weighted by molar-refractivity contribution is 6.29. The highest BCUT2D eigenvalue weighted by atomic mass is 35.5. The first-order chi connectivity index (χ1) is 14.4. The molecule has 1 aromatic rings. The van der Waals surface area contributed by atoms with Gasteiger partial charge in [0.05, 0.1) is 45.4 Å². The Morgan fingerprint density at radius 1 is 0.935 bits per heavy atom. The highest BCUT2D eigenvalue weighted by Crippen LogP contribution is 2.16. The molecule has 0 saturated heterocycles. The summed E-state index contributed by atoms with van der Waals surface area (Å²) in [5.41, 5.74) is -1.19. The second-order valence-corrected chi connectivity index (χ2v) is 8.87. The summed E-state index contributed by atoms with van der Waals surface area (Å²) in [5.74, 6) is 0.312. The maximum Gasteiger partial charge on any atom is 0.416 e. The standard InChI is InChI=1S/C20H33ClN4O6/c1-19(2,3)30-17(26)22-7-9-28-11-12-29-10-8-25(18(27)31-20(4,5)6)16-14-23-15(21)13-24-16/h13-14H,7-12H2,1-6H3,(H,22,26). The van der Waals surface area contributed by atoms with Crippen LogP contribution in [0.4, 0.5) is 15.4 Å². The first-order valence-electron chi connectivity index (χ1n) is 9.98. The maximum atomic E-state index is 12.5. The molecule has 0 bridgehead atoms. The van der Waals surface area contributed by atoms with Crippen LogP contribution in [0.5, 0.6) is 0 Å². The van der Waals surface area contributed by atoms with E-state index in [1.54, 1.807) is 41.5 Å². The Bertz CT molecular complexity index is 688. The van der Waals surface area contributed by atoms with E-state index in [0.29, 0.717) is 32.2 Å². The molecular formula is C20H33ClN4O6. The topological polar surface area (TPSA) is 112 Å². The Morgan fingerprint density at radius 3 is 2.10 bits per heavy atom. The van der Waals surface area contributed by atoms with E-state index in [0.717, 1.165) is 0 Å². The minimum atomic E-state index is -0.656. The third-order valence-corrected chi connectivity index (χ3v) is 3.44. The largest absolute Gasteiger partial charge is 0.444 e. The first-order valence-corrected chi connectivity index (χ1v) is 10.4. The van der Waals surface area contributed by atoms with Crippen LogP contribution in [0.3, 0.4) is 0 Å². The number of nitrogens with zero attached hydrogens (tertiary/aromatic N) is 3. The molecule has 0 aliphatic rings. The van der Waals surface area contributed by atoms with E-state index in [2.05, 4.69) is 15.3 Å². The highest BCUT2D eigenvalue weighted by Gasteiger charge is 2.24. The fourth-order valence-corrected chi connectivity index (χ4v) is 2.18. The van der Waals surface area contributed by atoms with E-state index in [4.69, 9.17) is 30.5 Å². The number of alkyl carbamates (subject to hydrolysis) is 1. The SMILES string of the molecule is CC(C)(C)OC(=O)NCCOCCOCCN(C(=O)OC(C)(C)C)c1cnc(Cl)cn1. The molecule has 0 saturated carbocycles. The van der Waals surface area contributed by atoms with Gasteiger partial charge in [-0.15, -0.1) is 0 Å². The molecule has 0 fully saturated rings. The number of anilines is 1. The molecule has 2 amide bonds. The summed E-state index contributed by atoms with van der Waals surface area (Å²) in [7, 11) is 0. The number of amides is 2. The number of aromatic nitrogens is 2. The van der Waals surface area contributed by atoms with Crippen LogP contribution in [0.15, 0.2) is 12.4 Å². The van der Waals surface area contributed by atoms with Gasteiger partial charge in [-0.1, -0.05) is 11.6 Å². The molecule has 1 N–H and O–H groups in total. The van der Waals surface area contributed by atoms with Gasteiger partial charge in [0.15, 0.2) is 5.82 Å². The zero-order chi connectivity index (χ0) is 23.5. The number of hydrogen-bond acceptors (Lipinski definition) is 8. The number of carbonyl (C=O) groups is 2. The summed E-state index contributed by atoms with van der Waals surface area (Å²) in [6.07, 6.45) is 1.71. The van der Waals surface area contributed by atoms with Gasteiger partial charge < -0.3 is 24.3 Å². The average molecular weight is 461 g/mol. The predicted molar refractivity (Wildman–Crippen MR) is 116 cm³/mol. The Morgan fingerprint density at radius 2 is 1.55 bits per heavy atom. The Labute approximate surface area is 188 Å². The number of halogens is 1. The predicted octanol–water partition coefficient (Wildman–Crippen LogP) is 3.43. The van der Waals surface area contributed by atoms with Crippen molar-refractivity contribution in [2.24, 2.45) is 0 Å². The van der Waals surface area contributed by atoms with Crippen LogP contribution < -0.4 is 10.2 Å². The van der Waals surface area contributed by atoms with Crippen molar-refractivity contribution in [1.29, 1.82) is 0 Å². The van der Waals surface area contributed by atoms with Gasteiger partial charge >= 0.3 is 12.2 Å². The monoisotopic (exact) mass is 460 g/mol. The lowest BCUT2D eigenvalue weighted by Crippen LogP contribution is -2.39. The molecule has 0 aliphatic carbocycles. The Balaban J connectivity index is 2.32. The van der Waals surface area contributed by atoms with E-state index in [9.17, 15) is 9.59 Å². The molecule has 31 heavy (non-hydrogen) atoms. The normalized spacial score (nSPS) is 11.7. The van der Waals surface area contributed by atoms with Crippen LogP contribution in [0.1, 0.15) is 41.5 Å². The molecule has 10 nitrogen and oxygen atoms in total. The second kappa shape index (κ2) is 12.6. The third kappa shape index (κ3) is 13.0. The summed E-state index contributed by atoms with van der Waals surface area (Å²) in [6, 6.07) is 0. The maximum absolute atomic E-state index is 12.5. The number of nitrogens with one attached hydrogen (secondary N) is 1. The van der Waals surface area contributed by atoms with E-state index >= 15 is 0 Å². The zero-order valence-corrected chi connectivity index (χ0v) is 19.8. The second-order valence-electron chi connectivity index (χ2n) is 8.48. The molecule has 1 rings (SSSR count). The average Bonchev–Trinajstić information content (AvgIpc) is 2.61. The van der Waals surface area contributed by atoms with Crippen molar-refractivity contribution in [2.45, 2.75) is 52.7 Å². The minimum absolute atomic E-state index is 0.214. The van der Waals surface area contributed by atoms with Gasteiger partial charge in [0, 0.05) is 6.54 Å². The lowest BCUT2D eigenvalue weighted by atomic mass is 10.2. The van der Waals surface area contributed by atoms with E-state index in [-0.39, 0.29) is 18.3 Å². The van der Waals surface area contributed by atoms with Crippen molar-refractivity contribution in [3.05, 3.63) is 17.5 Å². The summed E-state index contributed by atoms with van der Waals surface area (Å²) < 4.78 is 21.5. The number of hydrogen-bond donors (Lipinski definition) is 1. The lowest BCUT2D eigenvalue weighted by molar-refractivity contribution is 0.0386. The molecule has 0 radical (unpaired) electrons. The molecule has 0 spiro atoms. The van der Waals surface area contributed by atoms with Crippen molar-refractivity contribution in [3.8, 4) is 0 Å². The van der Waals surface area contributed by atoms with E-state index < -0.39 is 23.4 Å². The smallest absolute Gasteiger partial charge is 0.416 e. The summed E-state index contributed by atoms with van der Waals surface area (Å²) in [4.78, 5) is 33.4. The van der Waals surface area contributed by atoms with Crippen LogP contribution in [0.25, 0.3) is 0 Å². The summed E-state index contributed by atoms with van der Waals surface area (Å²) in [5, 5.41) is 2.83. The van der Waals surface area contributed by atoms with Crippen molar-refractivity contribution in [1.82, 2.24) is 15.3 Å². The Hall–Kier alpha value is -2.17. The van der Waals surface area contributed by atoms with Crippen molar-refractivity contribution in [3.63, 3.8) is 0 Å². The molecule has 11 heteroatoms. The van der Waals surface area contributed by atoms with Crippen molar-refractivity contribution in [2.75, 3.05) is 44.4 Å². The van der Waals surface area contributed by atoms with E-state index in [1.165, 1.54) is 17.3 Å². The minimum Gasteiger partial charge on any atom is -0.444 e. The van der Waals surface area contributed by atoms with Gasteiger partial charge in [-0.25, -0.2) is 19.6 Å². The van der Waals surface area contributed by atoms with E-state index in [1.807, 2.05) is 0 Å². The van der Waals surface area contributed by atoms with Crippen LogP contribution in [-0.2, 0) is 18.9 Å². The summed E-state index contributed by atoms with van der Waals surface area (Å²) >= 11 is 5.77. The molecular weight excluding hydrogens is 428 g/mol. The van der Waals surface area contributed by atoms with Crippen LogP contribution in [0, 0.1) is 0 Å². The van der Waals surface area contributed by atoms with Gasteiger partial charge in [0.2, 0.25) is 0 Å². The molecule has 0 aromatic carbocycles. The third-order valence-electron chi connectivity index (χ3n) is 3.24. The van der Waals surface area contributed by atoms with Crippen LogP contribution in [0.2, 0.25) is 5.15 Å². The quantitative estimate of drug-likeness (QED) is 0.528.